The van der Waals surface area contributed by atoms with Crippen molar-refractivity contribution < 1.29 is 4.79 Å². The zero-order valence-corrected chi connectivity index (χ0v) is 13.6. The number of aryl methyl sites for hydroxylation is 1. The minimum Gasteiger partial charge on any atom is -0.382 e. The molecule has 1 aromatic rings. The third-order valence-electron chi connectivity index (χ3n) is 3.35. The number of anilines is 1. The molecule has 108 valence electrons. The molecule has 0 radical (unpaired) electrons. The van der Waals surface area contributed by atoms with Crippen LogP contribution in [0.25, 0.3) is 0 Å². The molecule has 1 aromatic carbocycles. The molecular weight excluding hydrogens is 381 g/mol. The first-order chi connectivity index (χ1) is 10.1. The van der Waals surface area contributed by atoms with Crippen molar-refractivity contribution in [1.82, 2.24) is 5.32 Å². The largest absolute Gasteiger partial charge is 0.382 e. The molecule has 1 aliphatic heterocycles. The highest BCUT2D eigenvalue weighted by atomic mass is 127. The van der Waals surface area contributed by atoms with Crippen molar-refractivity contribution in [2.24, 2.45) is 8.88 Å². The normalized spacial score (nSPS) is 17.4. The van der Waals surface area contributed by atoms with Crippen LogP contribution in [0.2, 0.25) is 0 Å². The lowest BCUT2D eigenvalue weighted by Gasteiger charge is -2.18. The van der Waals surface area contributed by atoms with Crippen LogP contribution in [0.3, 0.4) is 0 Å². The number of hydrogen-bond acceptors (Lipinski definition) is 5. The number of hydrogen-bond donors (Lipinski definition) is 2. The lowest BCUT2D eigenvalue weighted by atomic mass is 10.1. The van der Waals surface area contributed by atoms with Gasteiger partial charge in [0, 0.05) is 11.6 Å². The van der Waals surface area contributed by atoms with Gasteiger partial charge in [0.25, 0.3) is 5.91 Å². The molecule has 0 spiro atoms. The molecule has 3 rings (SSSR count). The number of nitrogens with zero attached hydrogens (tertiary/aromatic N) is 3. The van der Waals surface area contributed by atoms with Crippen molar-refractivity contribution >= 4 is 32.9 Å². The number of benzene rings is 1. The average molecular weight is 395 g/mol. The Morgan fingerprint density at radius 1 is 1.57 bits per heavy atom. The van der Waals surface area contributed by atoms with Gasteiger partial charge in [0.15, 0.2) is 11.5 Å². The lowest BCUT2D eigenvalue weighted by molar-refractivity contribution is 0.0951. The number of carbonyl (C=O) groups is 1. The Balaban J connectivity index is 1.92. The van der Waals surface area contributed by atoms with Crippen LogP contribution in [-0.2, 0) is 0 Å². The summed E-state index contributed by atoms with van der Waals surface area (Å²) in [6, 6.07) is 7.87. The van der Waals surface area contributed by atoms with E-state index >= 15 is 0 Å². The first-order valence-electron chi connectivity index (χ1n) is 6.57. The summed E-state index contributed by atoms with van der Waals surface area (Å²) in [7, 11) is 0. The number of nitrogens with one attached hydrogen (secondary N) is 1. The van der Waals surface area contributed by atoms with Crippen molar-refractivity contribution in [2.75, 3.05) is 3.11 Å². The van der Waals surface area contributed by atoms with Gasteiger partial charge in [-0.15, -0.1) is 0 Å². The van der Waals surface area contributed by atoms with E-state index in [4.69, 9.17) is 11.0 Å². The van der Waals surface area contributed by atoms with E-state index < -0.39 is 21.3 Å². The van der Waals surface area contributed by atoms with E-state index in [1.165, 1.54) is 0 Å². The van der Waals surface area contributed by atoms with Crippen LogP contribution in [0.4, 0.5) is 5.69 Å². The number of rotatable bonds is 3. The van der Waals surface area contributed by atoms with Crippen LogP contribution in [0, 0.1) is 18.3 Å². The van der Waals surface area contributed by atoms with Crippen molar-refractivity contribution in [3.05, 3.63) is 40.8 Å². The number of carbonyl (C=O) groups excluding carboxylic acids is 1. The fraction of sp³-hybridized carbons (Fsp3) is 0.286. The number of allylic oxidation sites excluding steroid dienone is 1. The van der Waals surface area contributed by atoms with E-state index in [1.807, 2.05) is 34.3 Å². The molecule has 0 atom stereocenters. The first kappa shape index (κ1) is 14.0. The van der Waals surface area contributed by atoms with Gasteiger partial charge < -0.3 is 11.1 Å². The van der Waals surface area contributed by atoms with Crippen LogP contribution in [0.5, 0.6) is 0 Å². The Hall–Kier alpha value is -1.95. The van der Waals surface area contributed by atoms with E-state index in [2.05, 4.69) is 8.46 Å². The molecule has 21 heavy (non-hydrogen) atoms. The van der Waals surface area contributed by atoms with Gasteiger partial charge in [0.2, 0.25) is 0 Å². The number of nitrogens with two attached hydrogens (primary N) is 1. The Labute approximate surface area is 133 Å². The summed E-state index contributed by atoms with van der Waals surface area (Å²) in [5.74, 6) is 0.323. The van der Waals surface area contributed by atoms with Crippen LogP contribution in [0.15, 0.2) is 32.9 Å². The molecule has 1 amide bonds. The second kappa shape index (κ2) is 5.44. The van der Waals surface area contributed by atoms with E-state index in [-0.39, 0.29) is 11.6 Å². The highest BCUT2D eigenvalue weighted by Gasteiger charge is 2.25. The molecule has 0 bridgehead atoms. The van der Waals surface area contributed by atoms with E-state index in [9.17, 15) is 4.79 Å². The van der Waals surface area contributed by atoms with Crippen molar-refractivity contribution in [3.8, 4) is 6.07 Å². The van der Waals surface area contributed by atoms with Gasteiger partial charge in [-0.05, 0) is 37.5 Å². The van der Waals surface area contributed by atoms with E-state index in [0.29, 0.717) is 17.4 Å². The summed E-state index contributed by atoms with van der Waals surface area (Å²) in [5, 5.41) is 11.9. The molecule has 0 aromatic heterocycles. The fourth-order valence-electron chi connectivity index (χ4n) is 1.96. The molecule has 2 aliphatic rings. The van der Waals surface area contributed by atoms with Crippen LogP contribution >= 0.6 is 21.3 Å². The first-order valence-corrected chi connectivity index (χ1v) is 8.50. The molecule has 0 unspecified atom stereocenters. The fourth-order valence-corrected chi connectivity index (χ4v) is 3.96. The van der Waals surface area contributed by atoms with E-state index in [0.717, 1.165) is 24.1 Å². The van der Waals surface area contributed by atoms with Crippen molar-refractivity contribution in [2.45, 2.75) is 25.8 Å². The standard InChI is InChI=1S/C14H14IN5O/c1-8-2-3-9(14(21)18-10-4-5-10)6-12(8)20-13(17)11(7-16)19-15-20/h2-3,6,10H,4-5,17H2,1H3,(H,18,21). The van der Waals surface area contributed by atoms with Gasteiger partial charge in [-0.1, -0.05) is 6.07 Å². The van der Waals surface area contributed by atoms with Crippen molar-refractivity contribution in [1.29, 1.82) is 5.26 Å². The zero-order chi connectivity index (χ0) is 15.0. The zero-order valence-electron chi connectivity index (χ0n) is 11.4. The van der Waals surface area contributed by atoms with Gasteiger partial charge in [-0.2, -0.15) is 8.41 Å². The summed E-state index contributed by atoms with van der Waals surface area (Å²) in [4.78, 5) is 12.1. The molecule has 1 aliphatic carbocycles. The highest BCUT2D eigenvalue weighted by molar-refractivity contribution is 14.2. The summed E-state index contributed by atoms with van der Waals surface area (Å²) < 4.78 is 6.06. The van der Waals surface area contributed by atoms with Gasteiger partial charge >= 0.3 is 0 Å². The third-order valence-corrected chi connectivity index (χ3v) is 5.52. The smallest absolute Gasteiger partial charge is 0.251 e. The second-order valence-electron chi connectivity index (χ2n) is 5.04. The maximum Gasteiger partial charge on any atom is 0.251 e. The Kier molecular flexibility index (Phi) is 3.63. The molecular formula is C14H14IN5O. The Bertz CT molecular complexity index is 715. The Morgan fingerprint density at radius 2 is 2.33 bits per heavy atom. The molecule has 3 N–H and O–H groups in total. The molecule has 7 heteroatoms. The highest BCUT2D eigenvalue weighted by Crippen LogP contribution is 2.36. The maximum atomic E-state index is 12.1. The molecule has 1 fully saturated rings. The van der Waals surface area contributed by atoms with E-state index in [1.54, 1.807) is 0 Å². The monoisotopic (exact) mass is 395 g/mol. The van der Waals surface area contributed by atoms with Gasteiger partial charge in [-0.25, -0.2) is 0 Å². The molecule has 0 saturated heterocycles. The minimum atomic E-state index is -0.738. The summed E-state index contributed by atoms with van der Waals surface area (Å²) in [6.45, 7) is 1.96. The summed E-state index contributed by atoms with van der Waals surface area (Å²) in [5.41, 5.74) is 8.74. The average Bonchev–Trinajstić information content (AvgIpc) is 3.21. The SMILES string of the molecule is Cc1ccc(C(=O)NC2CC2)cc1N1I=NC(C#N)=C1N. The summed E-state index contributed by atoms with van der Waals surface area (Å²) in [6.07, 6.45) is 2.12. The molecule has 1 saturated carbocycles. The minimum absolute atomic E-state index is 0.0591. The number of amides is 1. The summed E-state index contributed by atoms with van der Waals surface area (Å²) >= 11 is -0.738. The van der Waals surface area contributed by atoms with Crippen LogP contribution < -0.4 is 14.2 Å². The van der Waals surface area contributed by atoms with Crippen LogP contribution in [-0.4, -0.2) is 11.9 Å². The molecule has 1 heterocycles. The number of nitriles is 1. The van der Waals surface area contributed by atoms with Gasteiger partial charge in [0.05, 0.1) is 5.69 Å². The quantitative estimate of drug-likeness (QED) is 0.607. The van der Waals surface area contributed by atoms with Crippen LogP contribution in [0.1, 0.15) is 28.8 Å². The predicted molar refractivity (Wildman–Crippen MR) is 87.4 cm³/mol. The predicted octanol–water partition coefficient (Wildman–Crippen LogP) is 2.43. The topological polar surface area (TPSA) is 94.5 Å². The maximum absolute atomic E-state index is 12.1. The lowest BCUT2D eigenvalue weighted by Crippen LogP contribution is -2.26. The second-order valence-corrected chi connectivity index (χ2v) is 6.91. The van der Waals surface area contributed by atoms with Crippen molar-refractivity contribution in [3.63, 3.8) is 0 Å². The number of halogens is 1. The van der Waals surface area contributed by atoms with Gasteiger partial charge in [-0.3, -0.25) is 7.91 Å². The van der Waals surface area contributed by atoms with Gasteiger partial charge in [0.1, 0.15) is 27.4 Å². The third kappa shape index (κ3) is 2.76. The molecule has 6 nitrogen and oxygen atoms in total. The Morgan fingerprint density at radius 3 is 2.95 bits per heavy atom.